The number of hydrogen-bond acceptors (Lipinski definition) is 3. The Hall–Kier alpha value is -1.94. The molecular formula is C12H9ClN4. The fourth-order valence-electron chi connectivity index (χ4n) is 1.68. The van der Waals surface area contributed by atoms with Gasteiger partial charge in [-0.15, -0.1) is 11.6 Å². The molecular weight excluding hydrogens is 236 g/mol. The van der Waals surface area contributed by atoms with E-state index in [0.29, 0.717) is 11.5 Å². The summed E-state index contributed by atoms with van der Waals surface area (Å²) in [6.07, 6.45) is 3.16. The maximum atomic E-state index is 6.36. The summed E-state index contributed by atoms with van der Waals surface area (Å²) in [6, 6.07) is 9.80. The first-order chi connectivity index (χ1) is 8.34. The number of hydrogen-bond donors (Lipinski definition) is 1. The highest BCUT2D eigenvalue weighted by atomic mass is 35.5. The molecule has 0 bridgehead atoms. The third kappa shape index (κ3) is 1.87. The molecule has 4 nitrogen and oxygen atoms in total. The lowest BCUT2D eigenvalue weighted by Crippen LogP contribution is -1.95. The maximum absolute atomic E-state index is 6.36. The molecule has 17 heavy (non-hydrogen) atoms. The van der Waals surface area contributed by atoms with Crippen LogP contribution in [0.2, 0.25) is 0 Å². The van der Waals surface area contributed by atoms with E-state index in [1.807, 2.05) is 30.3 Å². The minimum Gasteiger partial charge on any atom is -0.338 e. The molecule has 3 rings (SSSR count). The monoisotopic (exact) mass is 244 g/mol. The molecule has 1 aromatic carbocycles. The molecule has 5 heteroatoms. The molecule has 1 unspecified atom stereocenters. The van der Waals surface area contributed by atoms with Gasteiger partial charge in [0.1, 0.15) is 23.0 Å². The fourth-order valence-corrected chi connectivity index (χ4v) is 1.93. The minimum absolute atomic E-state index is 0.301. The zero-order valence-corrected chi connectivity index (χ0v) is 9.59. The number of H-pyrrole nitrogens is 1. The van der Waals surface area contributed by atoms with Gasteiger partial charge >= 0.3 is 0 Å². The highest BCUT2D eigenvalue weighted by Crippen LogP contribution is 2.27. The molecule has 84 valence electrons. The maximum Gasteiger partial charge on any atom is 0.180 e. The van der Waals surface area contributed by atoms with Crippen LogP contribution in [0.15, 0.2) is 42.9 Å². The Morgan fingerprint density at radius 2 is 2.00 bits per heavy atom. The Morgan fingerprint density at radius 3 is 2.76 bits per heavy atom. The van der Waals surface area contributed by atoms with Crippen LogP contribution in [-0.2, 0) is 0 Å². The SMILES string of the molecule is ClC(c1ccccc1)c1nc2ncncc2[nH]1. The average Bonchev–Trinajstić information content (AvgIpc) is 2.82. The molecule has 0 fully saturated rings. The predicted molar refractivity (Wildman–Crippen MR) is 65.8 cm³/mol. The van der Waals surface area contributed by atoms with Gasteiger partial charge in [-0.05, 0) is 5.56 Å². The van der Waals surface area contributed by atoms with E-state index in [1.165, 1.54) is 6.33 Å². The van der Waals surface area contributed by atoms with Gasteiger partial charge in [-0.1, -0.05) is 30.3 Å². The first-order valence-electron chi connectivity index (χ1n) is 5.19. The third-order valence-corrected chi connectivity index (χ3v) is 2.97. The largest absolute Gasteiger partial charge is 0.338 e. The van der Waals surface area contributed by atoms with Crippen LogP contribution in [-0.4, -0.2) is 19.9 Å². The van der Waals surface area contributed by atoms with Gasteiger partial charge < -0.3 is 4.98 Å². The van der Waals surface area contributed by atoms with E-state index < -0.39 is 0 Å². The summed E-state index contributed by atoms with van der Waals surface area (Å²) in [5.74, 6) is 0.688. The van der Waals surface area contributed by atoms with Crippen molar-refractivity contribution < 1.29 is 0 Å². The van der Waals surface area contributed by atoms with Gasteiger partial charge in [0.05, 0.1) is 6.20 Å². The third-order valence-electron chi connectivity index (χ3n) is 2.51. The molecule has 0 radical (unpaired) electrons. The summed E-state index contributed by atoms with van der Waals surface area (Å²) in [6.45, 7) is 0. The van der Waals surface area contributed by atoms with E-state index in [1.54, 1.807) is 6.20 Å². The number of alkyl halides is 1. The van der Waals surface area contributed by atoms with E-state index in [9.17, 15) is 0 Å². The first kappa shape index (κ1) is 10.2. The molecule has 1 N–H and O–H groups in total. The lowest BCUT2D eigenvalue weighted by molar-refractivity contribution is 1.00. The van der Waals surface area contributed by atoms with Crippen LogP contribution >= 0.6 is 11.6 Å². The Kier molecular flexibility index (Phi) is 2.49. The molecule has 0 aliphatic heterocycles. The van der Waals surface area contributed by atoms with Crippen molar-refractivity contribution in [1.29, 1.82) is 0 Å². The van der Waals surface area contributed by atoms with Crippen LogP contribution in [0.3, 0.4) is 0 Å². The topological polar surface area (TPSA) is 54.5 Å². The van der Waals surface area contributed by atoms with Gasteiger partial charge in [0.15, 0.2) is 5.65 Å². The molecule has 2 heterocycles. The standard InChI is InChI=1S/C12H9ClN4/c13-10(8-4-2-1-3-5-8)12-16-9-6-14-7-15-11(9)17-12/h1-7,10H,(H,14,15,16,17). The molecule has 0 spiro atoms. The minimum atomic E-state index is -0.301. The second-order valence-electron chi connectivity index (χ2n) is 3.66. The van der Waals surface area contributed by atoms with Crippen molar-refractivity contribution in [1.82, 2.24) is 19.9 Å². The van der Waals surface area contributed by atoms with Crippen LogP contribution in [0.1, 0.15) is 16.8 Å². The lowest BCUT2D eigenvalue weighted by atomic mass is 10.1. The zero-order chi connectivity index (χ0) is 11.7. The van der Waals surface area contributed by atoms with Gasteiger partial charge in [-0.2, -0.15) is 0 Å². The number of nitrogens with zero attached hydrogens (tertiary/aromatic N) is 3. The molecule has 3 aromatic rings. The number of aromatic amines is 1. The summed E-state index contributed by atoms with van der Waals surface area (Å²) >= 11 is 6.36. The van der Waals surface area contributed by atoms with Gasteiger partial charge in [-0.25, -0.2) is 15.0 Å². The number of halogens is 1. The van der Waals surface area contributed by atoms with Crippen LogP contribution in [0.4, 0.5) is 0 Å². The Balaban J connectivity index is 2.04. The summed E-state index contributed by atoms with van der Waals surface area (Å²) in [7, 11) is 0. The second-order valence-corrected chi connectivity index (χ2v) is 4.09. The number of rotatable bonds is 2. The molecule has 0 aliphatic rings. The normalized spacial score (nSPS) is 12.8. The first-order valence-corrected chi connectivity index (χ1v) is 5.63. The molecule has 0 amide bonds. The second kappa shape index (κ2) is 4.14. The summed E-state index contributed by atoms with van der Waals surface area (Å²) < 4.78 is 0. The molecule has 0 saturated heterocycles. The van der Waals surface area contributed by atoms with Crippen molar-refractivity contribution >= 4 is 22.8 Å². The van der Waals surface area contributed by atoms with Gasteiger partial charge in [-0.3, -0.25) is 0 Å². The predicted octanol–water partition coefficient (Wildman–Crippen LogP) is 2.68. The highest BCUT2D eigenvalue weighted by Gasteiger charge is 2.15. The molecule has 0 saturated carbocycles. The van der Waals surface area contributed by atoms with E-state index in [-0.39, 0.29) is 5.38 Å². The van der Waals surface area contributed by atoms with Crippen molar-refractivity contribution in [2.45, 2.75) is 5.38 Å². The number of fused-ring (bicyclic) bond motifs is 1. The fraction of sp³-hybridized carbons (Fsp3) is 0.0833. The highest BCUT2D eigenvalue weighted by molar-refractivity contribution is 6.22. The zero-order valence-electron chi connectivity index (χ0n) is 8.84. The number of nitrogens with one attached hydrogen (secondary N) is 1. The van der Waals surface area contributed by atoms with E-state index in [4.69, 9.17) is 11.6 Å². The quantitative estimate of drug-likeness (QED) is 0.705. The van der Waals surface area contributed by atoms with E-state index in [0.717, 1.165) is 11.1 Å². The van der Waals surface area contributed by atoms with E-state index >= 15 is 0 Å². The number of benzene rings is 1. The Bertz CT molecular complexity index is 602. The van der Waals surface area contributed by atoms with Gasteiger partial charge in [0.2, 0.25) is 0 Å². The summed E-state index contributed by atoms with van der Waals surface area (Å²) in [4.78, 5) is 15.5. The number of aromatic nitrogens is 4. The molecule has 1 atom stereocenters. The van der Waals surface area contributed by atoms with Crippen LogP contribution < -0.4 is 0 Å². The van der Waals surface area contributed by atoms with Crippen LogP contribution in [0.25, 0.3) is 11.2 Å². The van der Waals surface area contributed by atoms with Crippen molar-refractivity contribution in [3.05, 3.63) is 54.2 Å². The molecule has 2 aromatic heterocycles. The molecule has 0 aliphatic carbocycles. The van der Waals surface area contributed by atoms with Crippen molar-refractivity contribution in [2.75, 3.05) is 0 Å². The van der Waals surface area contributed by atoms with Crippen molar-refractivity contribution in [3.63, 3.8) is 0 Å². The number of imidazole rings is 1. The van der Waals surface area contributed by atoms with Crippen molar-refractivity contribution in [3.8, 4) is 0 Å². The lowest BCUT2D eigenvalue weighted by Gasteiger charge is -2.05. The summed E-state index contributed by atoms with van der Waals surface area (Å²) in [5, 5.41) is -0.301. The van der Waals surface area contributed by atoms with E-state index in [2.05, 4.69) is 19.9 Å². The van der Waals surface area contributed by atoms with Gasteiger partial charge in [0, 0.05) is 0 Å². The van der Waals surface area contributed by atoms with Crippen LogP contribution in [0.5, 0.6) is 0 Å². The van der Waals surface area contributed by atoms with Crippen LogP contribution in [0, 0.1) is 0 Å². The Morgan fingerprint density at radius 1 is 1.18 bits per heavy atom. The Labute approximate surface area is 103 Å². The average molecular weight is 245 g/mol. The van der Waals surface area contributed by atoms with Gasteiger partial charge in [0.25, 0.3) is 0 Å². The smallest absolute Gasteiger partial charge is 0.180 e. The van der Waals surface area contributed by atoms with Crippen molar-refractivity contribution in [2.24, 2.45) is 0 Å². The summed E-state index contributed by atoms with van der Waals surface area (Å²) in [5.41, 5.74) is 2.43.